The van der Waals surface area contributed by atoms with Crippen molar-refractivity contribution >= 4 is 27.5 Å². The van der Waals surface area contributed by atoms with Crippen LogP contribution in [0.15, 0.2) is 28.7 Å². The Kier molecular flexibility index (Phi) is 3.07. The van der Waals surface area contributed by atoms with Crippen molar-refractivity contribution in [2.45, 2.75) is 18.9 Å². The summed E-state index contributed by atoms with van der Waals surface area (Å²) in [5.74, 6) is -0.191. The number of piperidine rings is 1. The van der Waals surface area contributed by atoms with E-state index in [9.17, 15) is 9.90 Å². The average molecular weight is 270 g/mol. The third kappa shape index (κ3) is 2.21. The molecule has 1 atom stereocenters. The molecule has 0 saturated carbocycles. The maximum atomic E-state index is 11.7. The van der Waals surface area contributed by atoms with Gasteiger partial charge < -0.3 is 10.0 Å². The van der Waals surface area contributed by atoms with Crippen LogP contribution in [0, 0.1) is 0 Å². The van der Waals surface area contributed by atoms with Crippen LogP contribution in [0.1, 0.15) is 12.8 Å². The molecule has 0 aliphatic carbocycles. The lowest BCUT2D eigenvalue weighted by Gasteiger charge is -2.29. The van der Waals surface area contributed by atoms with Gasteiger partial charge in [-0.25, -0.2) is 0 Å². The van der Waals surface area contributed by atoms with Crippen LogP contribution in [-0.4, -0.2) is 23.7 Å². The summed E-state index contributed by atoms with van der Waals surface area (Å²) in [5, 5.41) is 9.46. The van der Waals surface area contributed by atoms with E-state index >= 15 is 0 Å². The Morgan fingerprint density at radius 2 is 2.00 bits per heavy atom. The van der Waals surface area contributed by atoms with E-state index in [-0.39, 0.29) is 5.91 Å². The molecule has 1 aliphatic heterocycles. The minimum atomic E-state index is -0.831. The first-order valence-corrected chi connectivity index (χ1v) is 5.73. The lowest BCUT2D eigenvalue weighted by atomic mass is 10.1. The molecule has 1 amide bonds. The summed E-state index contributed by atoms with van der Waals surface area (Å²) in [6, 6.07) is 7.53. The highest BCUT2D eigenvalue weighted by molar-refractivity contribution is 9.10. The van der Waals surface area contributed by atoms with Crippen LogP contribution in [0.25, 0.3) is 0 Å². The number of amides is 1. The SMILES string of the molecule is O=C1C(O)CCCN1c1ccc(Br)cc1. The average Bonchev–Trinajstić information content (AvgIpc) is 2.24. The number of carbonyl (C=O) groups excluding carboxylic acids is 1. The van der Waals surface area contributed by atoms with Gasteiger partial charge in [-0.15, -0.1) is 0 Å². The van der Waals surface area contributed by atoms with Crippen LogP contribution >= 0.6 is 15.9 Å². The highest BCUT2D eigenvalue weighted by atomic mass is 79.9. The number of aliphatic hydroxyl groups excluding tert-OH is 1. The number of anilines is 1. The smallest absolute Gasteiger partial charge is 0.255 e. The molecule has 2 rings (SSSR count). The van der Waals surface area contributed by atoms with Crippen LogP contribution in [-0.2, 0) is 4.79 Å². The molecule has 4 heteroatoms. The maximum Gasteiger partial charge on any atom is 0.255 e. The molecule has 1 aromatic rings. The van der Waals surface area contributed by atoms with Crippen molar-refractivity contribution in [2.24, 2.45) is 0 Å². The molecule has 1 heterocycles. The van der Waals surface area contributed by atoms with Gasteiger partial charge in [0.1, 0.15) is 6.10 Å². The Balaban J connectivity index is 2.22. The molecule has 0 radical (unpaired) electrons. The third-order valence-corrected chi connectivity index (χ3v) is 3.08. The van der Waals surface area contributed by atoms with Crippen molar-refractivity contribution in [1.29, 1.82) is 0 Å². The number of hydrogen-bond acceptors (Lipinski definition) is 2. The second-order valence-electron chi connectivity index (χ2n) is 3.62. The van der Waals surface area contributed by atoms with Crippen LogP contribution in [0.5, 0.6) is 0 Å². The molecular formula is C11H12BrNO2. The van der Waals surface area contributed by atoms with Crippen molar-refractivity contribution in [3.63, 3.8) is 0 Å². The van der Waals surface area contributed by atoms with E-state index in [1.807, 2.05) is 24.3 Å². The Labute approximate surface area is 96.8 Å². The van der Waals surface area contributed by atoms with E-state index in [2.05, 4.69) is 15.9 Å². The largest absolute Gasteiger partial charge is 0.383 e. The molecule has 15 heavy (non-hydrogen) atoms. The van der Waals surface area contributed by atoms with E-state index in [1.165, 1.54) is 0 Å². The van der Waals surface area contributed by atoms with Gasteiger partial charge in [0.2, 0.25) is 0 Å². The van der Waals surface area contributed by atoms with Crippen LogP contribution in [0.4, 0.5) is 5.69 Å². The van der Waals surface area contributed by atoms with Crippen molar-refractivity contribution < 1.29 is 9.90 Å². The second kappa shape index (κ2) is 4.33. The first kappa shape index (κ1) is 10.6. The lowest BCUT2D eigenvalue weighted by Crippen LogP contribution is -2.44. The summed E-state index contributed by atoms with van der Waals surface area (Å²) in [6.45, 7) is 0.692. The van der Waals surface area contributed by atoms with Gasteiger partial charge in [0.05, 0.1) is 0 Å². The monoisotopic (exact) mass is 269 g/mol. The fourth-order valence-corrected chi connectivity index (χ4v) is 2.00. The number of carbonyl (C=O) groups is 1. The predicted octanol–water partition coefficient (Wildman–Crippen LogP) is 1.94. The molecule has 1 aliphatic rings. The van der Waals surface area contributed by atoms with Gasteiger partial charge in [-0.05, 0) is 37.1 Å². The molecular weight excluding hydrogens is 258 g/mol. The highest BCUT2D eigenvalue weighted by Gasteiger charge is 2.27. The Hall–Kier alpha value is -0.870. The number of benzene rings is 1. The standard InChI is InChI=1S/C11H12BrNO2/c12-8-3-5-9(6-4-8)13-7-1-2-10(14)11(13)15/h3-6,10,14H,1-2,7H2. The normalized spacial score (nSPS) is 21.9. The molecule has 1 fully saturated rings. The molecule has 1 saturated heterocycles. The number of halogens is 1. The quantitative estimate of drug-likeness (QED) is 0.847. The lowest BCUT2D eigenvalue weighted by molar-refractivity contribution is -0.128. The minimum Gasteiger partial charge on any atom is -0.383 e. The summed E-state index contributed by atoms with van der Waals surface area (Å²) in [4.78, 5) is 13.3. The van der Waals surface area contributed by atoms with E-state index in [4.69, 9.17) is 0 Å². The molecule has 1 N–H and O–H groups in total. The van der Waals surface area contributed by atoms with E-state index in [0.717, 1.165) is 16.6 Å². The molecule has 1 unspecified atom stereocenters. The summed E-state index contributed by atoms with van der Waals surface area (Å²) in [5.41, 5.74) is 0.849. The van der Waals surface area contributed by atoms with Gasteiger partial charge in [0, 0.05) is 16.7 Å². The van der Waals surface area contributed by atoms with Gasteiger partial charge in [-0.1, -0.05) is 15.9 Å². The number of aliphatic hydroxyl groups is 1. The van der Waals surface area contributed by atoms with Gasteiger partial charge in [-0.2, -0.15) is 0 Å². The fourth-order valence-electron chi connectivity index (χ4n) is 1.73. The zero-order valence-corrected chi connectivity index (χ0v) is 9.77. The van der Waals surface area contributed by atoms with Gasteiger partial charge in [-0.3, -0.25) is 4.79 Å². The minimum absolute atomic E-state index is 0.191. The van der Waals surface area contributed by atoms with Gasteiger partial charge in [0.15, 0.2) is 0 Å². The zero-order chi connectivity index (χ0) is 10.8. The number of nitrogens with zero attached hydrogens (tertiary/aromatic N) is 1. The first-order chi connectivity index (χ1) is 7.18. The third-order valence-electron chi connectivity index (χ3n) is 2.55. The Morgan fingerprint density at radius 1 is 1.33 bits per heavy atom. The molecule has 0 bridgehead atoms. The predicted molar refractivity (Wildman–Crippen MR) is 61.7 cm³/mol. The summed E-state index contributed by atoms with van der Waals surface area (Å²) in [6.07, 6.45) is 0.594. The molecule has 3 nitrogen and oxygen atoms in total. The van der Waals surface area contributed by atoms with Crippen LogP contribution in [0.2, 0.25) is 0 Å². The van der Waals surface area contributed by atoms with Crippen LogP contribution in [0.3, 0.4) is 0 Å². The Morgan fingerprint density at radius 3 is 2.67 bits per heavy atom. The molecule has 0 aromatic heterocycles. The summed E-state index contributed by atoms with van der Waals surface area (Å²) >= 11 is 3.34. The van der Waals surface area contributed by atoms with Crippen molar-refractivity contribution in [2.75, 3.05) is 11.4 Å². The molecule has 0 spiro atoms. The van der Waals surface area contributed by atoms with Crippen molar-refractivity contribution in [1.82, 2.24) is 0 Å². The highest BCUT2D eigenvalue weighted by Crippen LogP contribution is 2.22. The number of hydrogen-bond donors (Lipinski definition) is 1. The molecule has 1 aromatic carbocycles. The maximum absolute atomic E-state index is 11.7. The zero-order valence-electron chi connectivity index (χ0n) is 8.19. The van der Waals surface area contributed by atoms with Crippen LogP contribution < -0.4 is 4.90 Å². The van der Waals surface area contributed by atoms with Crippen molar-refractivity contribution in [3.05, 3.63) is 28.7 Å². The van der Waals surface area contributed by atoms with Gasteiger partial charge >= 0.3 is 0 Å². The summed E-state index contributed by atoms with van der Waals surface area (Å²) < 4.78 is 0.983. The van der Waals surface area contributed by atoms with Gasteiger partial charge in [0.25, 0.3) is 5.91 Å². The van der Waals surface area contributed by atoms with Crippen molar-refractivity contribution in [3.8, 4) is 0 Å². The van der Waals surface area contributed by atoms with E-state index < -0.39 is 6.10 Å². The molecule has 80 valence electrons. The first-order valence-electron chi connectivity index (χ1n) is 4.93. The van der Waals surface area contributed by atoms with E-state index in [0.29, 0.717) is 13.0 Å². The second-order valence-corrected chi connectivity index (χ2v) is 4.54. The topological polar surface area (TPSA) is 40.5 Å². The number of rotatable bonds is 1. The fraction of sp³-hybridized carbons (Fsp3) is 0.364. The Bertz CT molecular complexity index is 363. The van der Waals surface area contributed by atoms with E-state index in [1.54, 1.807) is 4.90 Å². The summed E-state index contributed by atoms with van der Waals surface area (Å²) in [7, 11) is 0.